The Labute approximate surface area is 190 Å². The van der Waals surface area contributed by atoms with Gasteiger partial charge in [0.05, 0.1) is 18.1 Å². The van der Waals surface area contributed by atoms with Gasteiger partial charge in [-0.25, -0.2) is 14.8 Å². The predicted molar refractivity (Wildman–Crippen MR) is 116 cm³/mol. The van der Waals surface area contributed by atoms with Crippen LogP contribution in [-0.4, -0.2) is 82.6 Å². The van der Waals surface area contributed by atoms with E-state index < -0.39 is 22.8 Å². The highest BCUT2D eigenvalue weighted by molar-refractivity contribution is 5.90. The number of nitrogens with zero attached hydrogens (tertiary/aromatic N) is 5. The van der Waals surface area contributed by atoms with E-state index in [-0.39, 0.29) is 36.0 Å². The van der Waals surface area contributed by atoms with E-state index in [9.17, 15) is 24.5 Å². The van der Waals surface area contributed by atoms with Gasteiger partial charge in [-0.05, 0) is 32.6 Å². The molecule has 0 aliphatic carbocycles. The summed E-state index contributed by atoms with van der Waals surface area (Å²) in [7, 11) is 0. The molecule has 14 nitrogen and oxygen atoms in total. The minimum atomic E-state index is -0.710. The minimum absolute atomic E-state index is 0.0400. The third-order valence-corrected chi connectivity index (χ3v) is 5.61. The molecule has 2 aliphatic rings. The lowest BCUT2D eigenvalue weighted by Crippen LogP contribution is -2.46. The minimum Gasteiger partial charge on any atom is -0.450 e. The Hall–Kier alpha value is -3.71. The highest BCUT2D eigenvalue weighted by Crippen LogP contribution is 2.36. The number of piperidine rings is 1. The summed E-state index contributed by atoms with van der Waals surface area (Å²) in [4.78, 5) is 58.1. The summed E-state index contributed by atoms with van der Waals surface area (Å²) in [6.07, 6.45) is 3.07. The number of rotatable bonds is 8. The van der Waals surface area contributed by atoms with Crippen LogP contribution >= 0.6 is 0 Å². The molecule has 1 atom stereocenters. The van der Waals surface area contributed by atoms with Gasteiger partial charge in [-0.15, -0.1) is 0 Å². The monoisotopic (exact) mass is 464 g/mol. The molecule has 2 saturated heterocycles. The van der Waals surface area contributed by atoms with Crippen LogP contribution in [0.4, 0.5) is 22.1 Å². The Morgan fingerprint density at radius 3 is 2.61 bits per heavy atom. The van der Waals surface area contributed by atoms with E-state index in [1.807, 2.05) is 0 Å². The number of nitrogens with one attached hydrogen (secondary N) is 2. The van der Waals surface area contributed by atoms with E-state index in [1.54, 1.807) is 16.7 Å². The molecule has 0 bridgehead atoms. The molecule has 2 aliphatic heterocycles. The summed E-state index contributed by atoms with van der Waals surface area (Å²) in [6, 6.07) is -0.844. The van der Waals surface area contributed by atoms with Crippen molar-refractivity contribution in [1.82, 2.24) is 20.2 Å². The van der Waals surface area contributed by atoms with Crippen molar-refractivity contribution in [3.05, 3.63) is 16.4 Å². The molecule has 2 fully saturated rings. The molecular formula is C19H28N8O6. The molecule has 3 rings (SSSR count). The third kappa shape index (κ3) is 5.75. The van der Waals surface area contributed by atoms with Crippen LogP contribution < -0.4 is 21.3 Å². The highest BCUT2D eigenvalue weighted by atomic mass is 16.6. The molecule has 14 heteroatoms. The van der Waals surface area contributed by atoms with Gasteiger partial charge >= 0.3 is 11.8 Å². The summed E-state index contributed by atoms with van der Waals surface area (Å²) in [5.41, 5.74) is 4.76. The first kappa shape index (κ1) is 23.9. The van der Waals surface area contributed by atoms with Crippen LogP contribution in [0, 0.1) is 10.1 Å². The molecule has 0 radical (unpaired) electrons. The van der Waals surface area contributed by atoms with Gasteiger partial charge in [0.25, 0.3) is 0 Å². The molecule has 0 saturated carbocycles. The van der Waals surface area contributed by atoms with E-state index in [1.165, 1.54) is 6.33 Å². The number of carbonyl (C=O) groups is 3. The van der Waals surface area contributed by atoms with Gasteiger partial charge < -0.3 is 30.9 Å². The first-order chi connectivity index (χ1) is 15.8. The predicted octanol–water partition coefficient (Wildman–Crippen LogP) is -0.0121. The van der Waals surface area contributed by atoms with Crippen molar-refractivity contribution >= 4 is 35.2 Å². The van der Waals surface area contributed by atoms with E-state index in [0.29, 0.717) is 51.9 Å². The lowest BCUT2D eigenvalue weighted by molar-refractivity contribution is -0.383. The van der Waals surface area contributed by atoms with Crippen LogP contribution in [0.15, 0.2) is 6.33 Å². The van der Waals surface area contributed by atoms with Crippen LogP contribution in [-0.2, 0) is 14.3 Å². The molecule has 4 N–H and O–H groups in total. The smallest absolute Gasteiger partial charge is 0.409 e. The van der Waals surface area contributed by atoms with Crippen molar-refractivity contribution in [1.29, 1.82) is 0 Å². The standard InChI is InChI=1S/C19H28N8O6/c1-2-33-19(30)25-8-5-12(6-9-25)24-16-15(27(31)32)17(23-11-22-16)26-7-3-4-13(26)18(29)21-10-14(20)28/h11-13H,2-10H2,1H3,(H2,20,28)(H,21,29)(H,22,23,24). The van der Waals surface area contributed by atoms with Gasteiger partial charge in [0.2, 0.25) is 23.5 Å². The maximum Gasteiger partial charge on any atom is 0.409 e. The van der Waals surface area contributed by atoms with Gasteiger partial charge in [-0.1, -0.05) is 0 Å². The second kappa shape index (κ2) is 10.7. The summed E-state index contributed by atoms with van der Waals surface area (Å²) in [6.45, 7) is 3.03. The van der Waals surface area contributed by atoms with Crippen LogP contribution in [0.3, 0.4) is 0 Å². The average molecular weight is 464 g/mol. The maximum absolute atomic E-state index is 12.5. The lowest BCUT2D eigenvalue weighted by Gasteiger charge is -2.32. The molecule has 0 aromatic carbocycles. The topological polar surface area (TPSA) is 186 Å². The summed E-state index contributed by atoms with van der Waals surface area (Å²) in [5, 5.41) is 17.5. The normalized spacial score (nSPS) is 18.6. The number of hydrogen-bond acceptors (Lipinski definition) is 10. The van der Waals surface area contributed by atoms with Crippen LogP contribution in [0.5, 0.6) is 0 Å². The van der Waals surface area contributed by atoms with Crippen LogP contribution in [0.2, 0.25) is 0 Å². The molecule has 180 valence electrons. The molecule has 0 spiro atoms. The number of likely N-dealkylation sites (tertiary alicyclic amines) is 1. The lowest BCUT2D eigenvalue weighted by atomic mass is 10.1. The van der Waals surface area contributed by atoms with Gasteiger partial charge in [0.1, 0.15) is 12.4 Å². The van der Waals surface area contributed by atoms with Crippen LogP contribution in [0.25, 0.3) is 0 Å². The number of nitrogens with two attached hydrogens (primary N) is 1. The Balaban J connectivity index is 1.75. The van der Waals surface area contributed by atoms with Crippen molar-refractivity contribution in [2.45, 2.75) is 44.7 Å². The van der Waals surface area contributed by atoms with Crippen molar-refractivity contribution in [3.8, 4) is 0 Å². The highest BCUT2D eigenvalue weighted by Gasteiger charge is 2.38. The fourth-order valence-corrected chi connectivity index (χ4v) is 4.05. The number of anilines is 2. The number of primary amides is 1. The molecule has 1 aromatic heterocycles. The third-order valence-electron chi connectivity index (χ3n) is 5.61. The van der Waals surface area contributed by atoms with Gasteiger partial charge in [-0.2, -0.15) is 0 Å². The first-order valence-corrected chi connectivity index (χ1v) is 10.8. The quantitative estimate of drug-likeness (QED) is 0.349. The average Bonchev–Trinajstić information content (AvgIpc) is 3.27. The second-order valence-electron chi connectivity index (χ2n) is 7.79. The number of amides is 3. The zero-order chi connectivity index (χ0) is 24.0. The van der Waals surface area contributed by atoms with Gasteiger partial charge in [0.15, 0.2) is 0 Å². The molecule has 1 unspecified atom stereocenters. The van der Waals surface area contributed by atoms with E-state index in [0.717, 1.165) is 0 Å². The largest absolute Gasteiger partial charge is 0.450 e. The Morgan fingerprint density at radius 1 is 1.24 bits per heavy atom. The first-order valence-electron chi connectivity index (χ1n) is 10.8. The Kier molecular flexibility index (Phi) is 7.79. The van der Waals surface area contributed by atoms with Gasteiger partial charge in [0, 0.05) is 25.7 Å². The number of ether oxygens (including phenoxy) is 1. The number of carbonyl (C=O) groups excluding carboxylic acids is 3. The number of hydrogen-bond donors (Lipinski definition) is 3. The maximum atomic E-state index is 12.5. The molecule has 33 heavy (non-hydrogen) atoms. The Bertz CT molecular complexity index is 904. The second-order valence-corrected chi connectivity index (χ2v) is 7.79. The molecule has 3 heterocycles. The van der Waals surface area contributed by atoms with Crippen molar-refractivity contribution in [2.75, 3.05) is 43.0 Å². The molecule has 1 aromatic rings. The summed E-state index contributed by atoms with van der Waals surface area (Å²) >= 11 is 0. The summed E-state index contributed by atoms with van der Waals surface area (Å²) < 4.78 is 5.01. The van der Waals surface area contributed by atoms with Crippen molar-refractivity contribution < 1.29 is 24.0 Å². The number of aromatic nitrogens is 2. The zero-order valence-corrected chi connectivity index (χ0v) is 18.4. The fraction of sp³-hybridized carbons (Fsp3) is 0.632. The van der Waals surface area contributed by atoms with Crippen molar-refractivity contribution in [3.63, 3.8) is 0 Å². The van der Waals surface area contributed by atoms with E-state index >= 15 is 0 Å². The Morgan fingerprint density at radius 2 is 1.97 bits per heavy atom. The van der Waals surface area contributed by atoms with E-state index in [2.05, 4.69) is 20.6 Å². The summed E-state index contributed by atoms with van der Waals surface area (Å²) in [5.74, 6) is -1.03. The number of nitro groups is 1. The van der Waals surface area contributed by atoms with E-state index in [4.69, 9.17) is 10.5 Å². The van der Waals surface area contributed by atoms with Crippen molar-refractivity contribution in [2.24, 2.45) is 5.73 Å². The SMILES string of the molecule is CCOC(=O)N1CCC(Nc2ncnc(N3CCCC3C(=O)NCC(N)=O)c2[N+](=O)[O-])CC1. The van der Waals surface area contributed by atoms with Gasteiger partial charge in [-0.3, -0.25) is 19.7 Å². The zero-order valence-electron chi connectivity index (χ0n) is 18.4. The molecular weight excluding hydrogens is 436 g/mol. The molecule has 3 amide bonds. The fourth-order valence-electron chi connectivity index (χ4n) is 4.05. The van der Waals surface area contributed by atoms with Crippen LogP contribution in [0.1, 0.15) is 32.6 Å².